The molecule has 0 bridgehead atoms. The molecule has 17 nitrogen and oxygen atoms in total. The highest BCUT2D eigenvalue weighted by Crippen LogP contribution is 2.71. The molecule has 20 heteroatoms. The predicted octanol–water partition coefficient (Wildman–Crippen LogP) is -0.657. The SMILES string of the molecule is Cc1nc(N)c2ncn([C@H]3[C@H](O)[C@H](O)[C@]4(COP(=O)(O)OP(=O)(O)OP(=O)(O)O)C[C@H]34)c2n1. The second-order valence-corrected chi connectivity index (χ2v) is 12.2. The number of fused-ring (bicyclic) bond motifs is 2. The Morgan fingerprint density at radius 2 is 1.82 bits per heavy atom. The first kappa shape index (κ1) is 24.8. The number of aryl methyl sites for hydroxylation is 1. The van der Waals surface area contributed by atoms with Gasteiger partial charge in [0.05, 0.1) is 25.1 Å². The molecule has 2 heterocycles. The number of hydrogen-bond acceptors (Lipinski definition) is 12. The van der Waals surface area contributed by atoms with E-state index in [1.54, 1.807) is 6.92 Å². The van der Waals surface area contributed by atoms with Gasteiger partial charge in [-0.3, -0.25) is 4.52 Å². The fourth-order valence-corrected chi connectivity index (χ4v) is 7.40. The summed E-state index contributed by atoms with van der Waals surface area (Å²) < 4.78 is 47.8. The number of nitrogens with two attached hydrogens (primary N) is 1. The van der Waals surface area contributed by atoms with Crippen molar-refractivity contribution in [1.29, 1.82) is 0 Å². The minimum atomic E-state index is -5.67. The van der Waals surface area contributed by atoms with Gasteiger partial charge in [0.2, 0.25) is 0 Å². The number of anilines is 1. The molecule has 2 fully saturated rings. The number of imidazole rings is 1. The lowest BCUT2D eigenvalue weighted by Gasteiger charge is -2.24. The van der Waals surface area contributed by atoms with E-state index in [-0.39, 0.29) is 17.8 Å². The zero-order chi connectivity index (χ0) is 24.6. The van der Waals surface area contributed by atoms with E-state index in [2.05, 4.69) is 23.6 Å². The van der Waals surface area contributed by atoms with Crippen LogP contribution in [0.4, 0.5) is 5.82 Å². The molecule has 7 atom stereocenters. The van der Waals surface area contributed by atoms with Crippen LogP contribution in [0.2, 0.25) is 0 Å². The molecular weight excluding hydrogens is 511 g/mol. The zero-order valence-corrected chi connectivity index (χ0v) is 19.3. The maximum Gasteiger partial charge on any atom is 0.490 e. The maximum absolute atomic E-state index is 12.0. The monoisotopic (exact) mass is 531 g/mol. The summed E-state index contributed by atoms with van der Waals surface area (Å²) >= 11 is 0. The Hall–Kier alpha value is -1.32. The van der Waals surface area contributed by atoms with E-state index >= 15 is 0 Å². The molecule has 0 spiro atoms. The number of nitrogen functional groups attached to an aromatic ring is 1. The van der Waals surface area contributed by atoms with Crippen LogP contribution in [0.15, 0.2) is 6.33 Å². The van der Waals surface area contributed by atoms with Crippen molar-refractivity contribution >= 4 is 40.4 Å². The third-order valence-electron chi connectivity index (χ3n) is 5.65. The molecule has 184 valence electrons. The number of aliphatic hydroxyl groups is 2. The van der Waals surface area contributed by atoms with Gasteiger partial charge < -0.3 is 40.1 Å². The number of phosphoric acid groups is 3. The molecule has 2 aromatic heterocycles. The predicted molar refractivity (Wildman–Crippen MR) is 106 cm³/mol. The molecule has 2 aromatic rings. The summed E-state index contributed by atoms with van der Waals surface area (Å²) in [7, 11) is -16.6. The number of hydrogen-bond donors (Lipinski definition) is 7. The van der Waals surface area contributed by atoms with Gasteiger partial charge in [-0.2, -0.15) is 8.62 Å². The number of aromatic nitrogens is 4. The molecule has 8 N–H and O–H groups in total. The van der Waals surface area contributed by atoms with Crippen LogP contribution in [0.25, 0.3) is 11.2 Å². The Morgan fingerprint density at radius 3 is 2.45 bits per heavy atom. The number of phosphoric ester groups is 1. The molecule has 0 aliphatic heterocycles. The van der Waals surface area contributed by atoms with Crippen LogP contribution < -0.4 is 5.73 Å². The van der Waals surface area contributed by atoms with Gasteiger partial charge in [0, 0.05) is 5.41 Å². The first-order valence-corrected chi connectivity index (χ1v) is 13.7. The largest absolute Gasteiger partial charge is 0.490 e. The quantitative estimate of drug-likeness (QED) is 0.208. The van der Waals surface area contributed by atoms with Crippen LogP contribution in [0.5, 0.6) is 0 Å². The lowest BCUT2D eigenvalue weighted by Crippen LogP contribution is -2.35. The van der Waals surface area contributed by atoms with Crippen LogP contribution >= 0.6 is 23.5 Å². The van der Waals surface area contributed by atoms with Crippen molar-refractivity contribution in [3.63, 3.8) is 0 Å². The van der Waals surface area contributed by atoms with Crippen molar-refractivity contribution in [3.05, 3.63) is 12.2 Å². The van der Waals surface area contributed by atoms with Crippen molar-refractivity contribution in [2.45, 2.75) is 31.6 Å². The van der Waals surface area contributed by atoms with Gasteiger partial charge in [-0.15, -0.1) is 0 Å². The second-order valence-electron chi connectivity index (χ2n) is 7.81. The smallest absolute Gasteiger partial charge is 0.390 e. The number of rotatable bonds is 8. The highest BCUT2D eigenvalue weighted by molar-refractivity contribution is 7.66. The van der Waals surface area contributed by atoms with E-state index in [9.17, 15) is 33.7 Å². The average molecular weight is 531 g/mol. The van der Waals surface area contributed by atoms with Gasteiger partial charge >= 0.3 is 23.5 Å². The minimum absolute atomic E-state index is 0.124. The summed E-state index contributed by atoms with van der Waals surface area (Å²) in [5.74, 6) is -0.00723. The molecule has 2 aliphatic rings. The van der Waals surface area contributed by atoms with Gasteiger partial charge in [0.15, 0.2) is 11.5 Å². The fourth-order valence-electron chi connectivity index (χ4n) is 4.30. The van der Waals surface area contributed by atoms with Crippen molar-refractivity contribution < 1.29 is 56.6 Å². The first-order chi connectivity index (χ1) is 15.1. The molecule has 2 aliphatic carbocycles. The van der Waals surface area contributed by atoms with E-state index in [1.807, 2.05) is 0 Å². The molecule has 4 rings (SSSR count). The lowest BCUT2D eigenvalue weighted by molar-refractivity contribution is -0.0297. The third-order valence-corrected chi connectivity index (χ3v) is 9.43. The van der Waals surface area contributed by atoms with Gasteiger partial charge in [-0.1, -0.05) is 0 Å². The second kappa shape index (κ2) is 7.85. The lowest BCUT2D eigenvalue weighted by atomic mass is 10.0. The molecular formula is C13H20N5O12P3. The minimum Gasteiger partial charge on any atom is -0.390 e. The van der Waals surface area contributed by atoms with Gasteiger partial charge in [-0.25, -0.2) is 28.6 Å². The van der Waals surface area contributed by atoms with Crippen LogP contribution in [-0.4, -0.2) is 68.1 Å². The normalized spacial score (nSPS) is 32.9. The van der Waals surface area contributed by atoms with Crippen LogP contribution in [0.1, 0.15) is 18.3 Å². The van der Waals surface area contributed by atoms with Crippen molar-refractivity contribution in [3.8, 4) is 0 Å². The number of nitrogens with zero attached hydrogens (tertiary/aromatic N) is 4. The third kappa shape index (κ3) is 4.65. The standard InChI is InChI=1S/C13H20N5O12P3/c1-5-16-11(14)7-12(17-5)18(4-15-7)8-6-2-13(6,10(20)9(8)19)3-28-32(24,25)30-33(26,27)29-31(21,22)23/h4,6,8-10,19-20H,2-3H2,1H3,(H,24,25)(H,26,27)(H2,14,16,17)(H2,21,22,23)/t6-,8-,9+,10+,13+/m1/s1. The first-order valence-electron chi connectivity index (χ1n) is 9.16. The van der Waals surface area contributed by atoms with Crippen molar-refractivity contribution in [1.82, 2.24) is 19.5 Å². The summed E-state index contributed by atoms with van der Waals surface area (Å²) in [4.78, 5) is 48.5. The molecule has 2 saturated carbocycles. The zero-order valence-electron chi connectivity index (χ0n) is 16.6. The Kier molecular flexibility index (Phi) is 5.90. The summed E-state index contributed by atoms with van der Waals surface area (Å²) in [5.41, 5.74) is 5.23. The van der Waals surface area contributed by atoms with Gasteiger partial charge in [0.1, 0.15) is 17.4 Å². The maximum atomic E-state index is 12.0. The highest BCUT2D eigenvalue weighted by Gasteiger charge is 2.72. The Balaban J connectivity index is 1.52. The van der Waals surface area contributed by atoms with E-state index < -0.39 is 59.7 Å². The average Bonchev–Trinajstić information content (AvgIpc) is 3.13. The van der Waals surface area contributed by atoms with E-state index in [0.717, 1.165) is 0 Å². The summed E-state index contributed by atoms with van der Waals surface area (Å²) in [6.07, 6.45) is -1.20. The van der Waals surface area contributed by atoms with Crippen LogP contribution in [-0.2, 0) is 26.8 Å². The van der Waals surface area contributed by atoms with Crippen molar-refractivity contribution in [2.75, 3.05) is 12.3 Å². The molecule has 0 saturated heterocycles. The molecule has 0 radical (unpaired) electrons. The Morgan fingerprint density at radius 1 is 1.15 bits per heavy atom. The molecule has 0 aromatic carbocycles. The Bertz CT molecular complexity index is 1250. The molecule has 0 amide bonds. The summed E-state index contributed by atoms with van der Waals surface area (Å²) in [5, 5.41) is 21.3. The van der Waals surface area contributed by atoms with Gasteiger partial charge in [0.25, 0.3) is 0 Å². The van der Waals surface area contributed by atoms with E-state index in [1.165, 1.54) is 10.9 Å². The summed E-state index contributed by atoms with van der Waals surface area (Å²) in [6, 6.07) is -0.761. The Labute approximate surface area is 184 Å². The van der Waals surface area contributed by atoms with Crippen LogP contribution in [0.3, 0.4) is 0 Å². The molecule has 33 heavy (non-hydrogen) atoms. The van der Waals surface area contributed by atoms with E-state index in [0.29, 0.717) is 11.5 Å². The molecule has 2 unspecified atom stereocenters. The van der Waals surface area contributed by atoms with Gasteiger partial charge in [-0.05, 0) is 19.3 Å². The fraction of sp³-hybridized carbons (Fsp3) is 0.615. The van der Waals surface area contributed by atoms with Crippen LogP contribution in [0, 0.1) is 18.3 Å². The summed E-state index contributed by atoms with van der Waals surface area (Å²) in [6.45, 7) is 0.913. The van der Waals surface area contributed by atoms with Crippen molar-refractivity contribution in [2.24, 2.45) is 11.3 Å². The highest BCUT2D eigenvalue weighted by atomic mass is 31.3. The number of aliphatic hydroxyl groups excluding tert-OH is 2. The van der Waals surface area contributed by atoms with E-state index in [4.69, 9.17) is 20.0 Å². The topological polar surface area (TPSA) is 270 Å².